The minimum atomic E-state index is -0.189. The average molecular weight is 372 g/mol. The van der Waals surface area contributed by atoms with E-state index in [1.165, 1.54) is 11.3 Å². The lowest BCUT2D eigenvalue weighted by atomic mass is 10.3. The molecule has 0 atom stereocenters. The molecule has 136 valence electrons. The molecular weight excluding hydrogens is 352 g/mol. The zero-order valence-corrected chi connectivity index (χ0v) is 15.5. The van der Waals surface area contributed by atoms with E-state index in [-0.39, 0.29) is 12.5 Å². The Balaban J connectivity index is 1.48. The molecule has 0 fully saturated rings. The number of hydrogen-bond acceptors (Lipinski definition) is 6. The molecule has 0 saturated carbocycles. The van der Waals surface area contributed by atoms with Crippen LogP contribution in [0.3, 0.4) is 0 Å². The van der Waals surface area contributed by atoms with Gasteiger partial charge in [-0.15, -0.1) is 11.3 Å². The Kier molecular flexibility index (Phi) is 5.91. The number of nitrogens with zero attached hydrogens (tertiary/aromatic N) is 1. The lowest BCUT2D eigenvalue weighted by molar-refractivity contribution is -0.123. The third kappa shape index (κ3) is 4.64. The summed E-state index contributed by atoms with van der Waals surface area (Å²) in [7, 11) is 0. The second-order valence-electron chi connectivity index (χ2n) is 5.47. The van der Waals surface area contributed by atoms with Crippen LogP contribution in [0, 0.1) is 6.92 Å². The summed E-state index contributed by atoms with van der Waals surface area (Å²) < 4.78 is 16.2. The molecule has 0 radical (unpaired) electrons. The van der Waals surface area contributed by atoms with Gasteiger partial charge < -0.3 is 19.2 Å². The molecule has 3 aromatic rings. The van der Waals surface area contributed by atoms with Gasteiger partial charge in [-0.05, 0) is 50.2 Å². The van der Waals surface area contributed by atoms with Crippen molar-refractivity contribution >= 4 is 17.2 Å². The highest BCUT2D eigenvalue weighted by molar-refractivity contribution is 7.15. The first-order valence-electron chi connectivity index (χ1n) is 8.28. The number of hydrogen-bond donors (Lipinski definition) is 1. The van der Waals surface area contributed by atoms with E-state index in [1.807, 2.05) is 38.1 Å². The average Bonchev–Trinajstić information content (AvgIpc) is 3.29. The molecule has 0 aliphatic carbocycles. The predicted octanol–water partition coefficient (Wildman–Crippen LogP) is 3.81. The van der Waals surface area contributed by atoms with E-state index in [0.717, 1.165) is 27.1 Å². The van der Waals surface area contributed by atoms with E-state index in [2.05, 4.69) is 10.3 Å². The van der Waals surface area contributed by atoms with Gasteiger partial charge in [-0.1, -0.05) is 0 Å². The number of carbonyl (C=O) groups excluding carboxylic acids is 1. The van der Waals surface area contributed by atoms with Crippen molar-refractivity contribution in [2.75, 3.05) is 13.2 Å². The smallest absolute Gasteiger partial charge is 0.258 e. The van der Waals surface area contributed by atoms with Gasteiger partial charge in [0.15, 0.2) is 17.4 Å². The highest BCUT2D eigenvalue weighted by atomic mass is 32.1. The summed E-state index contributed by atoms with van der Waals surface area (Å²) in [5.41, 5.74) is 0.883. The molecule has 0 bridgehead atoms. The van der Waals surface area contributed by atoms with E-state index >= 15 is 0 Å². The Morgan fingerprint density at radius 2 is 1.92 bits per heavy atom. The molecule has 26 heavy (non-hydrogen) atoms. The SMILES string of the molecule is CCOc1ccc(OCC(=O)NCc2sc(-c3ccco3)nc2C)cc1. The number of aryl methyl sites for hydroxylation is 1. The number of amides is 1. The number of rotatable bonds is 8. The van der Waals surface area contributed by atoms with E-state index in [1.54, 1.807) is 18.4 Å². The quantitative estimate of drug-likeness (QED) is 0.651. The van der Waals surface area contributed by atoms with E-state index in [9.17, 15) is 4.79 Å². The molecule has 1 aromatic carbocycles. The fourth-order valence-electron chi connectivity index (χ4n) is 2.28. The standard InChI is InChI=1S/C19H20N2O4S/c1-3-23-14-6-8-15(9-7-14)25-12-18(22)20-11-17-13(2)21-19(26-17)16-5-4-10-24-16/h4-10H,3,11-12H2,1-2H3,(H,20,22). The van der Waals surface area contributed by atoms with Gasteiger partial charge in [-0.25, -0.2) is 4.98 Å². The molecule has 3 rings (SSSR count). The molecule has 2 aromatic heterocycles. The van der Waals surface area contributed by atoms with Crippen molar-refractivity contribution in [1.82, 2.24) is 10.3 Å². The third-order valence-corrected chi connectivity index (χ3v) is 4.75. The third-order valence-electron chi connectivity index (χ3n) is 3.58. The molecule has 6 nitrogen and oxygen atoms in total. The fraction of sp³-hybridized carbons (Fsp3) is 0.263. The molecular formula is C19H20N2O4S. The van der Waals surface area contributed by atoms with Gasteiger partial charge >= 0.3 is 0 Å². The maximum Gasteiger partial charge on any atom is 0.258 e. The highest BCUT2D eigenvalue weighted by Crippen LogP contribution is 2.28. The zero-order valence-electron chi connectivity index (χ0n) is 14.7. The van der Waals surface area contributed by atoms with Crippen LogP contribution >= 0.6 is 11.3 Å². The van der Waals surface area contributed by atoms with Gasteiger partial charge in [0.2, 0.25) is 0 Å². The van der Waals surface area contributed by atoms with Crippen LogP contribution in [0.1, 0.15) is 17.5 Å². The second-order valence-corrected chi connectivity index (χ2v) is 6.56. The summed E-state index contributed by atoms with van der Waals surface area (Å²) >= 11 is 1.51. The van der Waals surface area contributed by atoms with E-state index in [4.69, 9.17) is 13.9 Å². The van der Waals surface area contributed by atoms with Gasteiger partial charge in [-0.3, -0.25) is 4.79 Å². The monoisotopic (exact) mass is 372 g/mol. The number of carbonyl (C=O) groups is 1. The van der Waals surface area contributed by atoms with Crippen LogP contribution in [0.15, 0.2) is 47.1 Å². The number of nitrogens with one attached hydrogen (secondary N) is 1. The number of furan rings is 1. The van der Waals surface area contributed by atoms with Crippen LogP contribution in [0.5, 0.6) is 11.5 Å². The van der Waals surface area contributed by atoms with Crippen LogP contribution in [-0.2, 0) is 11.3 Å². The Hall–Kier alpha value is -2.80. The van der Waals surface area contributed by atoms with Gasteiger partial charge in [0, 0.05) is 4.88 Å². The van der Waals surface area contributed by atoms with Gasteiger partial charge in [0.25, 0.3) is 5.91 Å². The van der Waals surface area contributed by atoms with Crippen molar-refractivity contribution in [3.8, 4) is 22.3 Å². The van der Waals surface area contributed by atoms with Gasteiger partial charge in [-0.2, -0.15) is 0 Å². The molecule has 7 heteroatoms. The van der Waals surface area contributed by atoms with E-state index < -0.39 is 0 Å². The van der Waals surface area contributed by atoms with Crippen molar-refractivity contribution in [3.05, 3.63) is 53.2 Å². The summed E-state index contributed by atoms with van der Waals surface area (Å²) in [6.45, 7) is 4.83. The summed E-state index contributed by atoms with van der Waals surface area (Å²) in [4.78, 5) is 17.5. The number of ether oxygens (including phenoxy) is 2. The van der Waals surface area contributed by atoms with Crippen LogP contribution < -0.4 is 14.8 Å². The predicted molar refractivity (Wildman–Crippen MR) is 99.5 cm³/mol. The Bertz CT molecular complexity index is 841. The number of benzene rings is 1. The summed E-state index contributed by atoms with van der Waals surface area (Å²) in [6.07, 6.45) is 1.62. The van der Waals surface area contributed by atoms with Crippen molar-refractivity contribution in [2.24, 2.45) is 0 Å². The Labute approximate surface area is 155 Å². The van der Waals surface area contributed by atoms with Gasteiger partial charge in [0.1, 0.15) is 11.5 Å². The largest absolute Gasteiger partial charge is 0.494 e. The molecule has 0 aliphatic heterocycles. The van der Waals surface area contributed by atoms with Crippen molar-refractivity contribution in [1.29, 1.82) is 0 Å². The van der Waals surface area contributed by atoms with E-state index in [0.29, 0.717) is 18.9 Å². The maximum atomic E-state index is 12.0. The minimum Gasteiger partial charge on any atom is -0.494 e. The number of thiazole rings is 1. The Morgan fingerprint density at radius 1 is 1.19 bits per heavy atom. The maximum absolute atomic E-state index is 12.0. The van der Waals surface area contributed by atoms with Crippen molar-refractivity contribution in [3.63, 3.8) is 0 Å². The summed E-state index contributed by atoms with van der Waals surface area (Å²) in [6, 6.07) is 10.9. The molecule has 0 unspecified atom stereocenters. The first-order chi connectivity index (χ1) is 12.7. The molecule has 0 aliphatic rings. The fourth-order valence-corrected chi connectivity index (χ4v) is 3.25. The molecule has 2 heterocycles. The van der Waals surface area contributed by atoms with Crippen molar-refractivity contribution in [2.45, 2.75) is 20.4 Å². The van der Waals surface area contributed by atoms with Crippen LogP contribution in [0.25, 0.3) is 10.8 Å². The molecule has 1 amide bonds. The van der Waals surface area contributed by atoms with Crippen LogP contribution in [0.2, 0.25) is 0 Å². The summed E-state index contributed by atoms with van der Waals surface area (Å²) in [5, 5.41) is 3.66. The van der Waals surface area contributed by atoms with Gasteiger partial charge in [0.05, 0.1) is 25.1 Å². The zero-order chi connectivity index (χ0) is 18.4. The normalized spacial score (nSPS) is 10.5. The van der Waals surface area contributed by atoms with Crippen LogP contribution in [-0.4, -0.2) is 24.1 Å². The highest BCUT2D eigenvalue weighted by Gasteiger charge is 2.12. The lowest BCUT2D eigenvalue weighted by Gasteiger charge is -2.08. The molecule has 0 spiro atoms. The topological polar surface area (TPSA) is 73.6 Å². The number of aromatic nitrogens is 1. The molecule has 1 N–H and O–H groups in total. The van der Waals surface area contributed by atoms with Crippen LogP contribution in [0.4, 0.5) is 0 Å². The van der Waals surface area contributed by atoms with Crippen molar-refractivity contribution < 1.29 is 18.7 Å². The first-order valence-corrected chi connectivity index (χ1v) is 9.10. The second kappa shape index (κ2) is 8.53. The summed E-state index contributed by atoms with van der Waals surface area (Å²) in [5.74, 6) is 1.94. The Morgan fingerprint density at radius 3 is 2.58 bits per heavy atom. The molecule has 0 saturated heterocycles. The first kappa shape index (κ1) is 18.0. The minimum absolute atomic E-state index is 0.0448. The lowest BCUT2D eigenvalue weighted by Crippen LogP contribution is -2.28.